The highest BCUT2D eigenvalue weighted by Gasteiger charge is 2.19. The van der Waals surface area contributed by atoms with E-state index >= 15 is 0 Å². The van der Waals surface area contributed by atoms with E-state index in [0.29, 0.717) is 29.1 Å². The number of Topliss-reactive ketones (excluding diaryl/α,β-unsaturated/α-hetero) is 1. The number of aryl methyl sites for hydroxylation is 1. The molecule has 0 aliphatic heterocycles. The maximum atomic E-state index is 11.9. The lowest BCUT2D eigenvalue weighted by Gasteiger charge is -2.05. The van der Waals surface area contributed by atoms with E-state index in [-0.39, 0.29) is 24.1 Å². The third-order valence-electron chi connectivity index (χ3n) is 2.80. The number of amides is 2. The fourth-order valence-corrected chi connectivity index (χ4v) is 2.01. The predicted octanol–water partition coefficient (Wildman–Crippen LogP) is 0.700. The highest BCUT2D eigenvalue weighted by molar-refractivity contribution is 6.03. The van der Waals surface area contributed by atoms with Gasteiger partial charge in [0.05, 0.1) is 6.54 Å². The lowest BCUT2D eigenvalue weighted by atomic mass is 10.1. The van der Waals surface area contributed by atoms with Crippen LogP contribution in [-0.4, -0.2) is 35.7 Å². The molecular formula is C13H19N3O3. The van der Waals surface area contributed by atoms with Crippen molar-refractivity contribution in [1.82, 2.24) is 15.6 Å². The molecule has 0 saturated heterocycles. The van der Waals surface area contributed by atoms with Crippen molar-refractivity contribution >= 4 is 17.6 Å². The Morgan fingerprint density at radius 1 is 1.16 bits per heavy atom. The number of hydrogen-bond donors (Lipinski definition) is 3. The Balaban J connectivity index is 2.81. The minimum absolute atomic E-state index is 0.0837. The number of ketones is 1. The van der Waals surface area contributed by atoms with E-state index < -0.39 is 0 Å². The van der Waals surface area contributed by atoms with Crippen molar-refractivity contribution in [1.29, 1.82) is 0 Å². The molecule has 0 fully saturated rings. The summed E-state index contributed by atoms with van der Waals surface area (Å²) in [5.74, 6) is -0.725. The minimum Gasteiger partial charge on any atom is -0.355 e. The number of carbonyl (C=O) groups is 3. The maximum Gasteiger partial charge on any atom is 0.268 e. The van der Waals surface area contributed by atoms with E-state index in [2.05, 4.69) is 15.6 Å². The summed E-state index contributed by atoms with van der Waals surface area (Å²) in [7, 11) is 0. The first-order valence-electron chi connectivity index (χ1n) is 6.13. The topological polar surface area (TPSA) is 91.1 Å². The van der Waals surface area contributed by atoms with Crippen molar-refractivity contribution in [2.24, 2.45) is 0 Å². The van der Waals surface area contributed by atoms with Crippen LogP contribution in [0.5, 0.6) is 0 Å². The molecule has 0 unspecified atom stereocenters. The Morgan fingerprint density at radius 2 is 1.79 bits per heavy atom. The van der Waals surface area contributed by atoms with Gasteiger partial charge in [0.2, 0.25) is 5.91 Å². The number of H-pyrrole nitrogens is 1. The fourth-order valence-electron chi connectivity index (χ4n) is 2.01. The van der Waals surface area contributed by atoms with Crippen LogP contribution in [-0.2, 0) is 4.79 Å². The molecule has 0 radical (unpaired) electrons. The summed E-state index contributed by atoms with van der Waals surface area (Å²) in [5, 5.41) is 5.09. The van der Waals surface area contributed by atoms with Gasteiger partial charge in [0.25, 0.3) is 5.91 Å². The SMILES string of the molecule is CCNC(=O)CNC(=O)c1[nH]c(C)c(C(C)=O)c1C. The van der Waals surface area contributed by atoms with Gasteiger partial charge in [-0.1, -0.05) is 0 Å². The quantitative estimate of drug-likeness (QED) is 0.684. The van der Waals surface area contributed by atoms with Crippen LogP contribution in [0.15, 0.2) is 0 Å². The zero-order valence-corrected chi connectivity index (χ0v) is 11.6. The Morgan fingerprint density at radius 3 is 2.26 bits per heavy atom. The number of likely N-dealkylation sites (N-methyl/N-ethyl adjacent to an activating group) is 1. The molecule has 1 rings (SSSR count). The maximum absolute atomic E-state index is 11.9. The molecule has 0 saturated carbocycles. The van der Waals surface area contributed by atoms with Crippen molar-refractivity contribution < 1.29 is 14.4 Å². The highest BCUT2D eigenvalue weighted by atomic mass is 16.2. The van der Waals surface area contributed by atoms with Crippen LogP contribution in [0.2, 0.25) is 0 Å². The fraction of sp³-hybridized carbons (Fsp3) is 0.462. The first kappa shape index (κ1) is 14.9. The van der Waals surface area contributed by atoms with E-state index in [4.69, 9.17) is 0 Å². The number of rotatable bonds is 5. The molecule has 19 heavy (non-hydrogen) atoms. The molecule has 0 aliphatic rings. The lowest BCUT2D eigenvalue weighted by Crippen LogP contribution is -2.37. The molecule has 0 spiro atoms. The number of nitrogens with one attached hydrogen (secondary N) is 3. The summed E-state index contributed by atoms with van der Waals surface area (Å²) in [4.78, 5) is 37.5. The Bertz CT molecular complexity index is 517. The molecule has 6 heteroatoms. The lowest BCUT2D eigenvalue weighted by molar-refractivity contribution is -0.120. The number of aromatic amines is 1. The standard InChI is InChI=1S/C13H19N3O3/c1-5-14-10(18)6-15-13(19)12-7(2)11(9(4)17)8(3)16-12/h16H,5-6H2,1-4H3,(H,14,18)(H,15,19). The molecule has 6 nitrogen and oxygen atoms in total. The van der Waals surface area contributed by atoms with Crippen LogP contribution in [0.1, 0.15) is 46.0 Å². The molecule has 0 bridgehead atoms. The van der Waals surface area contributed by atoms with Crippen molar-refractivity contribution in [3.63, 3.8) is 0 Å². The number of hydrogen-bond acceptors (Lipinski definition) is 3. The van der Waals surface area contributed by atoms with Crippen molar-refractivity contribution in [2.75, 3.05) is 13.1 Å². The summed E-state index contributed by atoms with van der Waals surface area (Å²) in [6.07, 6.45) is 0. The molecule has 0 aromatic carbocycles. The third kappa shape index (κ3) is 3.43. The van der Waals surface area contributed by atoms with Crippen LogP contribution in [0, 0.1) is 13.8 Å². The molecule has 1 aromatic heterocycles. The van der Waals surface area contributed by atoms with E-state index in [1.807, 2.05) is 0 Å². The summed E-state index contributed by atoms with van der Waals surface area (Å²) < 4.78 is 0. The van der Waals surface area contributed by atoms with E-state index in [0.717, 1.165) is 0 Å². The summed E-state index contributed by atoms with van der Waals surface area (Å²) >= 11 is 0. The molecule has 104 valence electrons. The molecule has 1 heterocycles. The molecule has 0 aliphatic carbocycles. The van der Waals surface area contributed by atoms with Gasteiger partial charge in [0.1, 0.15) is 5.69 Å². The van der Waals surface area contributed by atoms with Gasteiger partial charge in [-0.3, -0.25) is 14.4 Å². The van der Waals surface area contributed by atoms with Crippen molar-refractivity contribution in [2.45, 2.75) is 27.7 Å². The van der Waals surface area contributed by atoms with Gasteiger partial charge < -0.3 is 15.6 Å². The summed E-state index contributed by atoms with van der Waals surface area (Å²) in [5.41, 5.74) is 2.13. The van der Waals surface area contributed by atoms with Gasteiger partial charge in [0.15, 0.2) is 5.78 Å². The van der Waals surface area contributed by atoms with Gasteiger partial charge in [-0.15, -0.1) is 0 Å². The molecule has 1 aromatic rings. The zero-order chi connectivity index (χ0) is 14.6. The molecule has 2 amide bonds. The average Bonchev–Trinajstić information content (AvgIpc) is 2.62. The highest BCUT2D eigenvalue weighted by Crippen LogP contribution is 2.18. The van der Waals surface area contributed by atoms with Gasteiger partial charge in [-0.25, -0.2) is 0 Å². The van der Waals surface area contributed by atoms with Gasteiger partial charge >= 0.3 is 0 Å². The smallest absolute Gasteiger partial charge is 0.268 e. The van der Waals surface area contributed by atoms with Crippen LogP contribution in [0.4, 0.5) is 0 Å². The van der Waals surface area contributed by atoms with Gasteiger partial charge in [-0.05, 0) is 33.3 Å². The minimum atomic E-state index is -0.389. The first-order chi connectivity index (χ1) is 8.88. The molecule has 0 atom stereocenters. The second-order valence-electron chi connectivity index (χ2n) is 4.32. The Labute approximate surface area is 112 Å². The zero-order valence-electron chi connectivity index (χ0n) is 11.6. The van der Waals surface area contributed by atoms with E-state index in [9.17, 15) is 14.4 Å². The molecule has 3 N–H and O–H groups in total. The second kappa shape index (κ2) is 6.17. The van der Waals surface area contributed by atoms with Crippen LogP contribution in [0.25, 0.3) is 0 Å². The largest absolute Gasteiger partial charge is 0.355 e. The third-order valence-corrected chi connectivity index (χ3v) is 2.80. The second-order valence-corrected chi connectivity index (χ2v) is 4.32. The molecular weight excluding hydrogens is 246 g/mol. The van der Waals surface area contributed by atoms with Crippen LogP contribution < -0.4 is 10.6 Å². The first-order valence-corrected chi connectivity index (χ1v) is 6.13. The van der Waals surface area contributed by atoms with Crippen LogP contribution >= 0.6 is 0 Å². The summed E-state index contributed by atoms with van der Waals surface area (Å²) in [6.45, 7) is 7.14. The Hall–Kier alpha value is -2.11. The number of carbonyl (C=O) groups excluding carboxylic acids is 3. The van der Waals surface area contributed by atoms with Gasteiger partial charge in [-0.2, -0.15) is 0 Å². The van der Waals surface area contributed by atoms with Crippen molar-refractivity contribution in [3.05, 3.63) is 22.5 Å². The number of aromatic nitrogens is 1. The average molecular weight is 265 g/mol. The van der Waals surface area contributed by atoms with E-state index in [1.165, 1.54) is 6.92 Å². The normalized spacial score (nSPS) is 10.1. The van der Waals surface area contributed by atoms with Crippen LogP contribution in [0.3, 0.4) is 0 Å². The summed E-state index contributed by atoms with van der Waals surface area (Å²) in [6, 6.07) is 0. The monoisotopic (exact) mass is 265 g/mol. The Kier molecular flexibility index (Phi) is 4.86. The van der Waals surface area contributed by atoms with Crippen molar-refractivity contribution in [3.8, 4) is 0 Å². The predicted molar refractivity (Wildman–Crippen MR) is 71.3 cm³/mol. The van der Waals surface area contributed by atoms with E-state index in [1.54, 1.807) is 20.8 Å². The van der Waals surface area contributed by atoms with Gasteiger partial charge in [0, 0.05) is 17.8 Å².